The van der Waals surface area contributed by atoms with Crippen molar-refractivity contribution in [3.8, 4) is 0 Å². The molecule has 1 aromatic carbocycles. The lowest BCUT2D eigenvalue weighted by Gasteiger charge is -2.34. The Balaban J connectivity index is 1.92. The van der Waals surface area contributed by atoms with Crippen LogP contribution in [0.5, 0.6) is 0 Å². The maximum atomic E-state index is 10.6. The van der Waals surface area contributed by atoms with Crippen LogP contribution in [0.3, 0.4) is 0 Å². The second-order valence-corrected chi connectivity index (χ2v) is 5.47. The van der Waals surface area contributed by atoms with Gasteiger partial charge in [-0.2, -0.15) is 0 Å². The summed E-state index contributed by atoms with van der Waals surface area (Å²) in [6.45, 7) is 3.22. The quantitative estimate of drug-likeness (QED) is 0.618. The predicted molar refractivity (Wildman–Crippen MR) is 76.6 cm³/mol. The average Bonchev–Trinajstić information content (AvgIpc) is 2.39. The van der Waals surface area contributed by atoms with E-state index in [1.165, 1.54) is 12.8 Å². The van der Waals surface area contributed by atoms with E-state index < -0.39 is 0 Å². The molecule has 0 N–H and O–H groups in total. The topological polar surface area (TPSA) is 49.6 Å². The fourth-order valence-electron chi connectivity index (χ4n) is 2.68. The minimum atomic E-state index is -0.354. The van der Waals surface area contributed by atoms with E-state index in [1.807, 2.05) is 12.1 Å². The lowest BCUT2D eigenvalue weighted by atomic mass is 9.96. The maximum absolute atomic E-state index is 10.6. The molecule has 1 aliphatic heterocycles. The third kappa shape index (κ3) is 3.67. The van der Waals surface area contributed by atoms with Gasteiger partial charge in [-0.3, -0.25) is 10.1 Å². The Hall–Kier alpha value is -1.62. The van der Waals surface area contributed by atoms with E-state index in [4.69, 9.17) is 0 Å². The molecular weight excluding hydrogens is 242 g/mol. The van der Waals surface area contributed by atoms with Crippen molar-refractivity contribution in [2.24, 2.45) is 5.92 Å². The SMILES string of the molecule is CN(C)CC1CCN(c2ccc([N+](=O)[O-])cc2)CC1. The van der Waals surface area contributed by atoms with Crippen LogP contribution in [0.4, 0.5) is 11.4 Å². The number of benzene rings is 1. The first-order valence-electron chi connectivity index (χ1n) is 6.70. The molecule has 1 aliphatic rings. The molecule has 0 radical (unpaired) electrons. The number of non-ortho nitro benzene ring substituents is 1. The number of piperidine rings is 1. The van der Waals surface area contributed by atoms with Crippen LogP contribution in [0.1, 0.15) is 12.8 Å². The van der Waals surface area contributed by atoms with Crippen LogP contribution in [0, 0.1) is 16.0 Å². The Morgan fingerprint density at radius 3 is 2.32 bits per heavy atom. The van der Waals surface area contributed by atoms with Crippen LogP contribution < -0.4 is 4.90 Å². The molecule has 0 unspecified atom stereocenters. The fraction of sp³-hybridized carbons (Fsp3) is 0.571. The number of nitro benzene ring substituents is 1. The lowest BCUT2D eigenvalue weighted by Crippen LogP contribution is -2.37. The molecule has 2 rings (SSSR count). The molecule has 1 saturated heterocycles. The van der Waals surface area contributed by atoms with Crippen molar-refractivity contribution in [1.29, 1.82) is 0 Å². The molecule has 5 nitrogen and oxygen atoms in total. The van der Waals surface area contributed by atoms with Gasteiger partial charge in [0.15, 0.2) is 0 Å². The van der Waals surface area contributed by atoms with Crippen LogP contribution >= 0.6 is 0 Å². The molecule has 0 amide bonds. The fourth-order valence-corrected chi connectivity index (χ4v) is 2.68. The molecule has 1 aromatic rings. The molecule has 19 heavy (non-hydrogen) atoms. The van der Waals surface area contributed by atoms with Crippen molar-refractivity contribution in [2.75, 3.05) is 38.6 Å². The molecule has 104 valence electrons. The van der Waals surface area contributed by atoms with Crippen molar-refractivity contribution in [2.45, 2.75) is 12.8 Å². The zero-order valence-corrected chi connectivity index (χ0v) is 11.6. The summed E-state index contributed by atoms with van der Waals surface area (Å²) in [5.74, 6) is 0.768. The Morgan fingerprint density at radius 1 is 1.26 bits per heavy atom. The van der Waals surface area contributed by atoms with Gasteiger partial charge < -0.3 is 9.80 Å². The van der Waals surface area contributed by atoms with E-state index in [0.717, 1.165) is 31.2 Å². The van der Waals surface area contributed by atoms with E-state index in [1.54, 1.807) is 12.1 Å². The van der Waals surface area contributed by atoms with Crippen LogP contribution in [0.15, 0.2) is 24.3 Å². The summed E-state index contributed by atoms with van der Waals surface area (Å²) in [5, 5.41) is 10.6. The summed E-state index contributed by atoms with van der Waals surface area (Å²) in [6.07, 6.45) is 2.38. The van der Waals surface area contributed by atoms with Gasteiger partial charge >= 0.3 is 0 Å². The zero-order valence-electron chi connectivity index (χ0n) is 11.6. The standard InChI is InChI=1S/C14H21N3O2/c1-15(2)11-12-7-9-16(10-8-12)13-3-5-14(6-4-13)17(18)19/h3-6,12H,7-11H2,1-2H3. The van der Waals surface area contributed by atoms with Gasteiger partial charge in [0.1, 0.15) is 0 Å². The van der Waals surface area contributed by atoms with E-state index in [-0.39, 0.29) is 10.6 Å². The Bertz CT molecular complexity index is 423. The number of nitro groups is 1. The van der Waals surface area contributed by atoms with Crippen LogP contribution in [0.2, 0.25) is 0 Å². The van der Waals surface area contributed by atoms with Crippen molar-refractivity contribution < 1.29 is 4.92 Å². The van der Waals surface area contributed by atoms with Crippen LogP contribution in [-0.2, 0) is 0 Å². The molecule has 5 heteroatoms. The summed E-state index contributed by atoms with van der Waals surface area (Å²) < 4.78 is 0. The lowest BCUT2D eigenvalue weighted by molar-refractivity contribution is -0.384. The molecule has 1 heterocycles. The van der Waals surface area contributed by atoms with Crippen molar-refractivity contribution in [1.82, 2.24) is 4.90 Å². The molecule has 1 fully saturated rings. The largest absolute Gasteiger partial charge is 0.372 e. The maximum Gasteiger partial charge on any atom is 0.269 e. The van der Waals surface area contributed by atoms with E-state index in [9.17, 15) is 10.1 Å². The summed E-state index contributed by atoms with van der Waals surface area (Å²) in [7, 11) is 4.23. The zero-order chi connectivity index (χ0) is 13.8. The highest BCUT2D eigenvalue weighted by Gasteiger charge is 2.20. The van der Waals surface area contributed by atoms with E-state index in [0.29, 0.717) is 0 Å². The summed E-state index contributed by atoms with van der Waals surface area (Å²) >= 11 is 0. The molecule has 0 spiro atoms. The first kappa shape index (κ1) is 13.8. The molecule has 0 saturated carbocycles. The van der Waals surface area contributed by atoms with Gasteiger partial charge in [-0.1, -0.05) is 0 Å². The van der Waals surface area contributed by atoms with E-state index in [2.05, 4.69) is 23.9 Å². The monoisotopic (exact) mass is 263 g/mol. The molecule has 0 aliphatic carbocycles. The van der Waals surface area contributed by atoms with Crippen molar-refractivity contribution >= 4 is 11.4 Å². The molecule has 0 bridgehead atoms. The molecule has 0 atom stereocenters. The van der Waals surface area contributed by atoms with Gasteiger partial charge in [0.2, 0.25) is 0 Å². The highest BCUT2D eigenvalue weighted by Crippen LogP contribution is 2.25. The first-order valence-corrected chi connectivity index (χ1v) is 6.70. The van der Waals surface area contributed by atoms with Crippen LogP contribution in [0.25, 0.3) is 0 Å². The number of hydrogen-bond donors (Lipinski definition) is 0. The van der Waals surface area contributed by atoms with Crippen LogP contribution in [-0.4, -0.2) is 43.6 Å². The third-order valence-corrected chi connectivity index (χ3v) is 3.66. The molecular formula is C14H21N3O2. The summed E-state index contributed by atoms with van der Waals surface area (Å²) in [5.41, 5.74) is 1.25. The predicted octanol–water partition coefficient (Wildman–Crippen LogP) is 2.37. The Kier molecular flexibility index (Phi) is 4.37. The Labute approximate surface area is 114 Å². The molecule has 0 aromatic heterocycles. The van der Waals surface area contributed by atoms with Gasteiger partial charge in [-0.25, -0.2) is 0 Å². The van der Waals surface area contributed by atoms with Gasteiger partial charge in [0.05, 0.1) is 4.92 Å². The highest BCUT2D eigenvalue weighted by molar-refractivity contribution is 5.51. The highest BCUT2D eigenvalue weighted by atomic mass is 16.6. The van der Waals surface area contributed by atoms with Gasteiger partial charge in [-0.05, 0) is 45.0 Å². The smallest absolute Gasteiger partial charge is 0.269 e. The minimum absolute atomic E-state index is 0.159. The normalized spacial score (nSPS) is 16.9. The average molecular weight is 263 g/mol. The number of rotatable bonds is 4. The first-order chi connectivity index (χ1) is 9.06. The summed E-state index contributed by atoms with van der Waals surface area (Å²) in [4.78, 5) is 14.8. The van der Waals surface area contributed by atoms with Gasteiger partial charge in [0.25, 0.3) is 5.69 Å². The van der Waals surface area contributed by atoms with E-state index >= 15 is 0 Å². The second kappa shape index (κ2) is 6.02. The summed E-state index contributed by atoms with van der Waals surface area (Å²) in [6, 6.07) is 6.87. The van der Waals surface area contributed by atoms with Gasteiger partial charge in [0, 0.05) is 37.5 Å². The minimum Gasteiger partial charge on any atom is -0.372 e. The number of hydrogen-bond acceptors (Lipinski definition) is 4. The van der Waals surface area contributed by atoms with Gasteiger partial charge in [-0.15, -0.1) is 0 Å². The number of nitrogens with zero attached hydrogens (tertiary/aromatic N) is 3. The second-order valence-electron chi connectivity index (χ2n) is 5.47. The van der Waals surface area contributed by atoms with Crippen molar-refractivity contribution in [3.63, 3.8) is 0 Å². The van der Waals surface area contributed by atoms with Crippen molar-refractivity contribution in [3.05, 3.63) is 34.4 Å². The third-order valence-electron chi connectivity index (χ3n) is 3.66. The number of anilines is 1. The Morgan fingerprint density at radius 2 is 1.84 bits per heavy atom.